The van der Waals surface area contributed by atoms with E-state index in [1.165, 1.54) is 12.1 Å². The summed E-state index contributed by atoms with van der Waals surface area (Å²) in [5.41, 5.74) is 2.00. The molecule has 0 spiro atoms. The Kier molecular flexibility index (Phi) is 4.24. The van der Waals surface area contributed by atoms with Gasteiger partial charge in [-0.2, -0.15) is 0 Å². The van der Waals surface area contributed by atoms with Crippen molar-refractivity contribution >= 4 is 15.7 Å². The number of phenols is 1. The Morgan fingerprint density at radius 3 is 2.55 bits per heavy atom. The first-order valence-electron chi connectivity index (χ1n) is 6.15. The second kappa shape index (κ2) is 5.92. The van der Waals surface area contributed by atoms with E-state index in [1.54, 1.807) is 37.5 Å². The molecule has 5 nitrogen and oxygen atoms in total. The van der Waals surface area contributed by atoms with Crippen molar-refractivity contribution in [3.63, 3.8) is 0 Å². The summed E-state index contributed by atoms with van der Waals surface area (Å²) in [6.45, 7) is 1.71. The van der Waals surface area contributed by atoms with E-state index in [4.69, 9.17) is 0 Å². The zero-order valence-electron chi connectivity index (χ0n) is 11.1. The molecule has 0 aliphatic rings. The zero-order chi connectivity index (χ0) is 14.6. The second-order valence-corrected chi connectivity index (χ2v) is 6.37. The van der Waals surface area contributed by atoms with Gasteiger partial charge in [-0.1, -0.05) is 0 Å². The topological polar surface area (TPSA) is 79.3 Å². The fourth-order valence-corrected chi connectivity index (χ4v) is 2.84. The van der Waals surface area contributed by atoms with Gasteiger partial charge in [0.25, 0.3) is 0 Å². The van der Waals surface area contributed by atoms with Crippen LogP contribution in [0, 0.1) is 6.92 Å². The van der Waals surface area contributed by atoms with Crippen molar-refractivity contribution in [2.45, 2.75) is 13.3 Å². The van der Waals surface area contributed by atoms with Gasteiger partial charge in [0.2, 0.25) is 10.0 Å². The van der Waals surface area contributed by atoms with Crippen LogP contribution in [0.2, 0.25) is 0 Å². The van der Waals surface area contributed by atoms with Crippen LogP contribution >= 0.6 is 0 Å². The Hall–Kier alpha value is -2.08. The molecule has 0 radical (unpaired) electrons. The molecule has 0 bridgehead atoms. The third-order valence-corrected chi connectivity index (χ3v) is 4.17. The van der Waals surface area contributed by atoms with Crippen LogP contribution in [0.25, 0.3) is 0 Å². The molecule has 106 valence electrons. The van der Waals surface area contributed by atoms with Crippen molar-refractivity contribution in [3.05, 3.63) is 53.9 Å². The van der Waals surface area contributed by atoms with Crippen LogP contribution in [-0.4, -0.2) is 24.3 Å². The molecule has 0 saturated heterocycles. The molecule has 0 fully saturated rings. The third kappa shape index (κ3) is 3.96. The van der Waals surface area contributed by atoms with E-state index < -0.39 is 10.0 Å². The number of benzene rings is 1. The van der Waals surface area contributed by atoms with E-state index in [-0.39, 0.29) is 11.5 Å². The van der Waals surface area contributed by atoms with Gasteiger partial charge < -0.3 is 5.11 Å². The Balaban J connectivity index is 2.02. The van der Waals surface area contributed by atoms with Gasteiger partial charge in [0, 0.05) is 18.1 Å². The fourth-order valence-electron chi connectivity index (χ4n) is 1.75. The molecule has 2 rings (SSSR count). The summed E-state index contributed by atoms with van der Waals surface area (Å²) in [7, 11) is -3.41. The highest BCUT2D eigenvalue weighted by molar-refractivity contribution is 7.92. The molecule has 6 heteroatoms. The average Bonchev–Trinajstić information content (AvgIpc) is 2.42. The van der Waals surface area contributed by atoms with Crippen LogP contribution in [0.15, 0.2) is 42.7 Å². The van der Waals surface area contributed by atoms with Gasteiger partial charge in [0.1, 0.15) is 5.75 Å². The minimum atomic E-state index is -3.41. The summed E-state index contributed by atoms with van der Waals surface area (Å²) < 4.78 is 26.5. The number of hydrogen-bond donors (Lipinski definition) is 2. The molecule has 1 heterocycles. The van der Waals surface area contributed by atoms with Crippen molar-refractivity contribution in [2.75, 3.05) is 10.5 Å². The van der Waals surface area contributed by atoms with Crippen LogP contribution in [0.5, 0.6) is 5.75 Å². The molecule has 2 N–H and O–H groups in total. The lowest BCUT2D eigenvalue weighted by Crippen LogP contribution is -2.18. The number of nitrogens with one attached hydrogen (secondary N) is 1. The number of anilines is 1. The van der Waals surface area contributed by atoms with Gasteiger partial charge in [-0.05, 0) is 54.8 Å². The van der Waals surface area contributed by atoms with Crippen LogP contribution in [0.4, 0.5) is 5.69 Å². The van der Waals surface area contributed by atoms with Crippen LogP contribution < -0.4 is 4.72 Å². The molecular formula is C14H16N2O3S. The Morgan fingerprint density at radius 2 is 1.90 bits per heavy atom. The van der Waals surface area contributed by atoms with E-state index in [9.17, 15) is 13.5 Å². The summed E-state index contributed by atoms with van der Waals surface area (Å²) in [6, 6.07) is 8.18. The van der Waals surface area contributed by atoms with Gasteiger partial charge in [-0.15, -0.1) is 0 Å². The number of aromatic nitrogens is 1. The quantitative estimate of drug-likeness (QED) is 0.827. The van der Waals surface area contributed by atoms with Crippen LogP contribution in [0.1, 0.15) is 11.1 Å². The number of rotatable bonds is 5. The van der Waals surface area contributed by atoms with E-state index in [0.717, 1.165) is 5.56 Å². The lowest BCUT2D eigenvalue weighted by Gasteiger charge is -2.09. The maximum Gasteiger partial charge on any atom is 0.233 e. The van der Waals surface area contributed by atoms with E-state index in [1.807, 2.05) is 0 Å². The summed E-state index contributed by atoms with van der Waals surface area (Å²) in [5.74, 6) is 0.140. The van der Waals surface area contributed by atoms with E-state index in [0.29, 0.717) is 17.7 Å². The summed E-state index contributed by atoms with van der Waals surface area (Å²) >= 11 is 0. The van der Waals surface area contributed by atoms with Gasteiger partial charge in [0.15, 0.2) is 0 Å². The van der Waals surface area contributed by atoms with Crippen molar-refractivity contribution in [1.29, 1.82) is 0 Å². The van der Waals surface area contributed by atoms with Crippen molar-refractivity contribution in [1.82, 2.24) is 4.98 Å². The number of nitrogens with zero attached hydrogens (tertiary/aromatic N) is 1. The first kappa shape index (κ1) is 14.3. The van der Waals surface area contributed by atoms with Gasteiger partial charge in [-0.3, -0.25) is 9.71 Å². The molecule has 0 atom stereocenters. The summed E-state index contributed by atoms with van der Waals surface area (Å²) in [4.78, 5) is 3.89. The molecule has 0 aliphatic carbocycles. The Bertz CT molecular complexity index is 685. The highest BCUT2D eigenvalue weighted by atomic mass is 32.2. The molecule has 0 saturated carbocycles. The van der Waals surface area contributed by atoms with Crippen molar-refractivity contribution < 1.29 is 13.5 Å². The number of phenolic OH excluding ortho intramolecular Hbond substituents is 1. The van der Waals surface area contributed by atoms with Crippen molar-refractivity contribution in [3.8, 4) is 5.75 Å². The lowest BCUT2D eigenvalue weighted by molar-refractivity contribution is 0.471. The molecule has 0 unspecified atom stereocenters. The highest BCUT2D eigenvalue weighted by Crippen LogP contribution is 2.21. The smallest absolute Gasteiger partial charge is 0.233 e. The van der Waals surface area contributed by atoms with E-state index >= 15 is 0 Å². The predicted molar refractivity (Wildman–Crippen MR) is 78.2 cm³/mol. The largest absolute Gasteiger partial charge is 0.508 e. The first-order valence-corrected chi connectivity index (χ1v) is 7.80. The monoisotopic (exact) mass is 292 g/mol. The number of aryl methyl sites for hydroxylation is 2. The fraction of sp³-hybridized carbons (Fsp3) is 0.214. The van der Waals surface area contributed by atoms with Crippen LogP contribution in [-0.2, 0) is 16.4 Å². The van der Waals surface area contributed by atoms with Gasteiger partial charge in [-0.25, -0.2) is 8.42 Å². The molecule has 20 heavy (non-hydrogen) atoms. The maximum absolute atomic E-state index is 12.0. The lowest BCUT2D eigenvalue weighted by atomic mass is 10.2. The van der Waals surface area contributed by atoms with Crippen molar-refractivity contribution in [2.24, 2.45) is 0 Å². The highest BCUT2D eigenvalue weighted by Gasteiger charge is 2.11. The molecule has 1 aromatic heterocycles. The number of sulfonamides is 1. The minimum Gasteiger partial charge on any atom is -0.508 e. The molecule has 1 aromatic carbocycles. The summed E-state index contributed by atoms with van der Waals surface area (Å²) in [6.07, 6.45) is 3.70. The summed E-state index contributed by atoms with van der Waals surface area (Å²) in [5, 5.41) is 9.41. The normalized spacial score (nSPS) is 11.2. The first-order chi connectivity index (χ1) is 9.46. The second-order valence-electron chi connectivity index (χ2n) is 4.53. The average molecular weight is 292 g/mol. The molecule has 0 aliphatic heterocycles. The van der Waals surface area contributed by atoms with E-state index in [2.05, 4.69) is 9.71 Å². The third-order valence-electron chi connectivity index (χ3n) is 2.88. The minimum absolute atomic E-state index is 0.00304. The Morgan fingerprint density at radius 1 is 1.20 bits per heavy atom. The standard InChI is InChI=1S/C14H16N2O3S/c1-11-10-13(2-3-14(11)17)16-20(18,19)9-6-12-4-7-15-8-5-12/h2-5,7-8,10,16-17H,6,9H2,1H3. The number of pyridine rings is 1. The maximum atomic E-state index is 12.0. The SMILES string of the molecule is Cc1cc(NS(=O)(=O)CCc2ccncc2)ccc1O. The number of aromatic hydroxyl groups is 1. The van der Waals surface area contributed by atoms with Gasteiger partial charge >= 0.3 is 0 Å². The predicted octanol–water partition coefficient (Wildman–Crippen LogP) is 2.08. The van der Waals surface area contributed by atoms with Gasteiger partial charge in [0.05, 0.1) is 5.75 Å². The molecule has 2 aromatic rings. The molecular weight excluding hydrogens is 276 g/mol. The zero-order valence-corrected chi connectivity index (χ0v) is 11.9. The molecule has 0 amide bonds. The number of hydrogen-bond acceptors (Lipinski definition) is 4. The Labute approximate surface area is 118 Å². The van der Waals surface area contributed by atoms with Crippen LogP contribution in [0.3, 0.4) is 0 Å².